The molecule has 0 radical (unpaired) electrons. The smallest absolute Gasteiger partial charge is 0.309 e. The van der Waals surface area contributed by atoms with Gasteiger partial charge >= 0.3 is 5.97 Å². The van der Waals surface area contributed by atoms with Gasteiger partial charge in [0, 0.05) is 0 Å². The Morgan fingerprint density at radius 1 is 0.219 bits per heavy atom. The summed E-state index contributed by atoms with van der Waals surface area (Å²) < 4.78 is 0. The third kappa shape index (κ3) is 47.9. The van der Waals surface area contributed by atoms with Crippen molar-refractivity contribution in [3.63, 3.8) is 0 Å². The highest BCUT2D eigenvalue weighted by atomic mass is 16.4. The standard InChI is InChI=1S/C62H124O2/c1-4-7-10-13-16-19-22-25-28-30-32-34-36-38-41-44-47-50-53-56-59-62(61(63)64,58-55-52-49-46-43-40-27-24-21-18-15-12-9-6-3)60-57-54-51-48-45-42-39-37-35-33-31-29-26-23-20-17-14-11-8-5-2/h4-60H2,1-3H3,(H,63,64). The summed E-state index contributed by atoms with van der Waals surface area (Å²) in [6, 6.07) is 0. The van der Waals surface area contributed by atoms with Gasteiger partial charge in [0.05, 0.1) is 5.41 Å². The average Bonchev–Trinajstić information content (AvgIpc) is 3.30. The highest BCUT2D eigenvalue weighted by Crippen LogP contribution is 2.38. The Morgan fingerprint density at radius 3 is 0.438 bits per heavy atom. The lowest BCUT2D eigenvalue weighted by Crippen LogP contribution is -2.31. The molecule has 0 aromatic carbocycles. The second kappa shape index (κ2) is 55.1. The normalized spacial score (nSPS) is 11.9. The van der Waals surface area contributed by atoms with Crippen LogP contribution >= 0.6 is 0 Å². The maximum atomic E-state index is 13.1. The van der Waals surface area contributed by atoms with Crippen LogP contribution in [0.15, 0.2) is 0 Å². The Bertz CT molecular complexity index is 806. The minimum absolute atomic E-state index is 0.473. The van der Waals surface area contributed by atoms with Crippen LogP contribution in [0.3, 0.4) is 0 Å². The molecule has 0 atom stereocenters. The number of carboxylic acids is 1. The van der Waals surface area contributed by atoms with Crippen molar-refractivity contribution >= 4 is 5.97 Å². The van der Waals surface area contributed by atoms with E-state index in [1.54, 1.807) is 0 Å². The number of hydrogen-bond donors (Lipinski definition) is 1. The number of aliphatic carboxylic acids is 1. The summed E-state index contributed by atoms with van der Waals surface area (Å²) >= 11 is 0. The topological polar surface area (TPSA) is 37.3 Å². The number of unbranched alkanes of at least 4 members (excludes halogenated alkanes) is 51. The molecule has 0 rings (SSSR count). The fourth-order valence-electron chi connectivity index (χ4n) is 10.8. The van der Waals surface area contributed by atoms with Crippen molar-refractivity contribution in [2.24, 2.45) is 5.41 Å². The highest BCUT2D eigenvalue weighted by Gasteiger charge is 2.36. The highest BCUT2D eigenvalue weighted by molar-refractivity contribution is 5.74. The van der Waals surface area contributed by atoms with E-state index < -0.39 is 11.4 Å². The van der Waals surface area contributed by atoms with Crippen molar-refractivity contribution in [2.45, 2.75) is 387 Å². The molecule has 0 heterocycles. The molecular weight excluding hydrogens is 777 g/mol. The van der Waals surface area contributed by atoms with Crippen molar-refractivity contribution in [2.75, 3.05) is 0 Å². The molecule has 1 N–H and O–H groups in total. The fourth-order valence-corrected chi connectivity index (χ4v) is 10.8. The summed E-state index contributed by atoms with van der Waals surface area (Å²) in [5.41, 5.74) is -0.473. The Balaban J connectivity index is 4.26. The average molecular weight is 902 g/mol. The molecule has 0 aliphatic rings. The van der Waals surface area contributed by atoms with Crippen LogP contribution in [0.1, 0.15) is 387 Å². The van der Waals surface area contributed by atoms with E-state index in [1.165, 1.54) is 327 Å². The van der Waals surface area contributed by atoms with E-state index in [0.29, 0.717) is 0 Å². The Hall–Kier alpha value is -0.530. The van der Waals surface area contributed by atoms with Gasteiger partial charge < -0.3 is 5.11 Å². The van der Waals surface area contributed by atoms with Crippen LogP contribution in [-0.4, -0.2) is 11.1 Å². The molecule has 0 saturated heterocycles. The van der Waals surface area contributed by atoms with Crippen LogP contribution in [0, 0.1) is 5.41 Å². The van der Waals surface area contributed by atoms with Gasteiger partial charge in [-0.2, -0.15) is 0 Å². The lowest BCUT2D eigenvalue weighted by atomic mass is 9.74. The quantitative estimate of drug-likeness (QED) is 0.0618. The molecule has 2 nitrogen and oxygen atoms in total. The van der Waals surface area contributed by atoms with Crippen molar-refractivity contribution in [1.29, 1.82) is 0 Å². The van der Waals surface area contributed by atoms with Crippen molar-refractivity contribution in [3.8, 4) is 0 Å². The van der Waals surface area contributed by atoms with E-state index in [4.69, 9.17) is 0 Å². The molecule has 0 unspecified atom stereocenters. The van der Waals surface area contributed by atoms with E-state index in [0.717, 1.165) is 38.5 Å². The molecule has 0 saturated carbocycles. The summed E-state index contributed by atoms with van der Waals surface area (Å²) in [5.74, 6) is -0.474. The largest absolute Gasteiger partial charge is 0.481 e. The lowest BCUT2D eigenvalue weighted by molar-refractivity contribution is -0.150. The molecule has 0 amide bonds. The second-order valence-corrected chi connectivity index (χ2v) is 21.9. The summed E-state index contributed by atoms with van der Waals surface area (Å²) in [6.45, 7) is 6.91. The van der Waals surface area contributed by atoms with Gasteiger partial charge in [-0.15, -0.1) is 0 Å². The predicted octanol–water partition coefficient (Wildman–Crippen LogP) is 23.4. The van der Waals surface area contributed by atoms with E-state index >= 15 is 0 Å². The molecular formula is C62H124O2. The molecule has 64 heavy (non-hydrogen) atoms. The van der Waals surface area contributed by atoms with Gasteiger partial charge in [-0.25, -0.2) is 0 Å². The lowest BCUT2D eigenvalue weighted by Gasteiger charge is -2.30. The van der Waals surface area contributed by atoms with Gasteiger partial charge in [0.25, 0.3) is 0 Å². The van der Waals surface area contributed by atoms with Crippen LogP contribution < -0.4 is 0 Å². The van der Waals surface area contributed by atoms with Crippen LogP contribution in [0.2, 0.25) is 0 Å². The van der Waals surface area contributed by atoms with Crippen molar-refractivity contribution in [1.82, 2.24) is 0 Å². The summed E-state index contributed by atoms with van der Waals surface area (Å²) in [4.78, 5) is 13.1. The summed E-state index contributed by atoms with van der Waals surface area (Å²) in [6.07, 6.45) is 77.7. The minimum Gasteiger partial charge on any atom is -0.481 e. The molecule has 384 valence electrons. The first-order valence-electron chi connectivity index (χ1n) is 30.9. The molecule has 0 aliphatic carbocycles. The third-order valence-electron chi connectivity index (χ3n) is 15.5. The van der Waals surface area contributed by atoms with E-state index in [-0.39, 0.29) is 0 Å². The van der Waals surface area contributed by atoms with Crippen molar-refractivity contribution in [3.05, 3.63) is 0 Å². The minimum atomic E-state index is -0.474. The van der Waals surface area contributed by atoms with Crippen LogP contribution in [0.25, 0.3) is 0 Å². The molecule has 0 spiro atoms. The van der Waals surface area contributed by atoms with E-state index in [2.05, 4.69) is 20.8 Å². The third-order valence-corrected chi connectivity index (χ3v) is 15.5. The summed E-state index contributed by atoms with van der Waals surface area (Å²) in [5, 5.41) is 10.7. The maximum absolute atomic E-state index is 13.1. The zero-order valence-electron chi connectivity index (χ0n) is 45.2. The molecule has 2 heteroatoms. The molecule has 0 aromatic heterocycles. The fraction of sp³-hybridized carbons (Fsp3) is 0.984. The predicted molar refractivity (Wildman–Crippen MR) is 290 cm³/mol. The Labute approximate surface area is 406 Å². The van der Waals surface area contributed by atoms with E-state index in [9.17, 15) is 9.90 Å². The number of rotatable bonds is 58. The van der Waals surface area contributed by atoms with E-state index in [1.807, 2.05) is 0 Å². The van der Waals surface area contributed by atoms with Gasteiger partial charge in [0.15, 0.2) is 0 Å². The van der Waals surface area contributed by atoms with Gasteiger partial charge in [0.2, 0.25) is 0 Å². The Kier molecular flexibility index (Phi) is 54.6. The molecule has 0 aromatic rings. The molecule has 0 bridgehead atoms. The van der Waals surface area contributed by atoms with Crippen LogP contribution in [0.5, 0.6) is 0 Å². The first-order chi connectivity index (χ1) is 31.6. The van der Waals surface area contributed by atoms with Gasteiger partial charge in [-0.1, -0.05) is 367 Å². The second-order valence-electron chi connectivity index (χ2n) is 21.9. The Morgan fingerprint density at radius 2 is 0.328 bits per heavy atom. The first kappa shape index (κ1) is 63.5. The number of carboxylic acid groups (broad SMARTS) is 1. The van der Waals surface area contributed by atoms with Crippen molar-refractivity contribution < 1.29 is 9.90 Å². The molecule has 0 fully saturated rings. The van der Waals surface area contributed by atoms with Crippen LogP contribution in [-0.2, 0) is 4.79 Å². The van der Waals surface area contributed by atoms with Gasteiger partial charge in [0.1, 0.15) is 0 Å². The SMILES string of the molecule is CCCCCCCCCCCCCCCCCCCCCCC(CCCCCCCCCCCCCCCC)(CCCCCCCCCCCCCCCCCCCCCC)C(=O)O. The van der Waals surface area contributed by atoms with Gasteiger partial charge in [-0.3, -0.25) is 4.79 Å². The zero-order chi connectivity index (χ0) is 46.4. The maximum Gasteiger partial charge on any atom is 0.309 e. The molecule has 0 aliphatic heterocycles. The van der Waals surface area contributed by atoms with Crippen LogP contribution in [0.4, 0.5) is 0 Å². The zero-order valence-corrected chi connectivity index (χ0v) is 45.2. The monoisotopic (exact) mass is 901 g/mol. The number of hydrogen-bond acceptors (Lipinski definition) is 1. The first-order valence-corrected chi connectivity index (χ1v) is 30.9. The number of carbonyl (C=O) groups is 1. The summed E-state index contributed by atoms with van der Waals surface area (Å²) in [7, 11) is 0. The van der Waals surface area contributed by atoms with Gasteiger partial charge in [-0.05, 0) is 19.3 Å².